The largest absolute Gasteiger partial charge is 0.488 e. The number of aromatic nitrogens is 2. The number of carbonyl (C=O) groups is 1. The van der Waals surface area contributed by atoms with E-state index in [9.17, 15) is 4.79 Å². The number of benzene rings is 2. The van der Waals surface area contributed by atoms with Crippen LogP contribution in [-0.4, -0.2) is 22.3 Å². The van der Waals surface area contributed by atoms with Crippen molar-refractivity contribution < 1.29 is 9.53 Å². The van der Waals surface area contributed by atoms with Crippen LogP contribution in [0.2, 0.25) is 0 Å². The predicted octanol–water partition coefficient (Wildman–Crippen LogP) is 3.82. The van der Waals surface area contributed by atoms with Gasteiger partial charge < -0.3 is 4.74 Å². The van der Waals surface area contributed by atoms with Gasteiger partial charge in [-0.05, 0) is 36.8 Å². The highest BCUT2D eigenvalue weighted by molar-refractivity contribution is 9.10. The Morgan fingerprint density at radius 1 is 1.27 bits per heavy atom. The maximum Gasteiger partial charge on any atom is 0.291 e. The van der Waals surface area contributed by atoms with Crippen molar-refractivity contribution in [2.24, 2.45) is 5.10 Å². The van der Waals surface area contributed by atoms with Crippen LogP contribution >= 0.6 is 15.9 Å². The summed E-state index contributed by atoms with van der Waals surface area (Å²) in [7, 11) is 0. The Balaban J connectivity index is 1.68. The zero-order valence-corrected chi connectivity index (χ0v) is 15.7. The van der Waals surface area contributed by atoms with E-state index in [-0.39, 0.29) is 11.6 Å². The molecule has 26 heavy (non-hydrogen) atoms. The lowest BCUT2D eigenvalue weighted by atomic mass is 10.2. The summed E-state index contributed by atoms with van der Waals surface area (Å²) in [6.07, 6.45) is 1.54. The molecule has 2 N–H and O–H groups in total. The number of H-pyrrole nitrogens is 1. The summed E-state index contributed by atoms with van der Waals surface area (Å²) in [5.41, 5.74) is 5.37. The molecule has 1 heterocycles. The van der Waals surface area contributed by atoms with Crippen molar-refractivity contribution in [1.29, 1.82) is 0 Å². The smallest absolute Gasteiger partial charge is 0.291 e. The summed E-state index contributed by atoms with van der Waals surface area (Å²) in [4.78, 5) is 12.0. The normalized spacial score (nSPS) is 10.8. The second-order valence-corrected chi connectivity index (χ2v) is 6.51. The Bertz CT molecular complexity index is 922. The third-order valence-electron chi connectivity index (χ3n) is 3.52. The van der Waals surface area contributed by atoms with E-state index in [2.05, 4.69) is 36.7 Å². The van der Waals surface area contributed by atoms with Crippen LogP contribution < -0.4 is 10.2 Å². The van der Waals surface area contributed by atoms with Crippen LogP contribution in [0.5, 0.6) is 5.75 Å². The molecule has 3 rings (SSSR count). The second-order valence-electron chi connectivity index (χ2n) is 5.59. The van der Waals surface area contributed by atoms with Crippen LogP contribution in [-0.2, 0) is 6.61 Å². The first kappa shape index (κ1) is 17.9. The molecule has 0 aliphatic carbocycles. The van der Waals surface area contributed by atoms with Gasteiger partial charge in [0.15, 0.2) is 5.69 Å². The first-order chi connectivity index (χ1) is 12.6. The number of aryl methyl sites for hydroxylation is 1. The van der Waals surface area contributed by atoms with Crippen molar-refractivity contribution >= 4 is 28.1 Å². The molecule has 7 heteroatoms. The molecule has 0 aliphatic rings. The van der Waals surface area contributed by atoms with Crippen LogP contribution in [0.4, 0.5) is 0 Å². The predicted molar refractivity (Wildman–Crippen MR) is 103 cm³/mol. The monoisotopic (exact) mass is 412 g/mol. The van der Waals surface area contributed by atoms with Crippen molar-refractivity contribution in [1.82, 2.24) is 15.6 Å². The number of aromatic amines is 1. The zero-order valence-electron chi connectivity index (χ0n) is 14.1. The Kier molecular flexibility index (Phi) is 5.80. The zero-order chi connectivity index (χ0) is 18.4. The minimum atomic E-state index is -0.382. The fourth-order valence-corrected chi connectivity index (χ4v) is 2.62. The molecule has 0 radical (unpaired) electrons. The first-order valence-corrected chi connectivity index (χ1v) is 8.73. The third kappa shape index (κ3) is 4.80. The van der Waals surface area contributed by atoms with Gasteiger partial charge in [-0.25, -0.2) is 5.43 Å². The molecule has 6 nitrogen and oxygen atoms in total. The molecule has 0 aliphatic heterocycles. The third-order valence-corrected chi connectivity index (χ3v) is 4.01. The van der Waals surface area contributed by atoms with Gasteiger partial charge in [-0.15, -0.1) is 0 Å². The van der Waals surface area contributed by atoms with E-state index in [0.717, 1.165) is 21.3 Å². The molecule has 0 atom stereocenters. The molecule has 132 valence electrons. The molecule has 1 aromatic heterocycles. The van der Waals surface area contributed by atoms with Crippen LogP contribution in [0.25, 0.3) is 0 Å². The van der Waals surface area contributed by atoms with E-state index >= 15 is 0 Å². The highest BCUT2D eigenvalue weighted by Gasteiger charge is 2.08. The Labute approximate surface area is 159 Å². The van der Waals surface area contributed by atoms with E-state index in [1.165, 1.54) is 0 Å². The van der Waals surface area contributed by atoms with Gasteiger partial charge in [0.1, 0.15) is 12.4 Å². The van der Waals surface area contributed by atoms with Crippen molar-refractivity contribution in [2.75, 3.05) is 0 Å². The van der Waals surface area contributed by atoms with Gasteiger partial charge in [-0.2, -0.15) is 10.2 Å². The van der Waals surface area contributed by atoms with E-state index in [1.54, 1.807) is 12.3 Å². The van der Waals surface area contributed by atoms with Gasteiger partial charge in [0.25, 0.3) is 5.91 Å². The lowest BCUT2D eigenvalue weighted by Gasteiger charge is -2.09. The van der Waals surface area contributed by atoms with Gasteiger partial charge in [0.05, 0.1) is 6.21 Å². The molecular weight excluding hydrogens is 396 g/mol. The maximum atomic E-state index is 12.0. The average Bonchev–Trinajstić information content (AvgIpc) is 3.08. The number of hydrazone groups is 1. The highest BCUT2D eigenvalue weighted by Crippen LogP contribution is 2.22. The summed E-state index contributed by atoms with van der Waals surface area (Å²) in [6, 6.07) is 17.2. The number of hydrogen-bond acceptors (Lipinski definition) is 4. The SMILES string of the molecule is Cc1cc(C(=O)N/N=C/c2cc(Br)ccc2OCc2ccccc2)n[nH]1. The van der Waals surface area contributed by atoms with E-state index in [0.29, 0.717) is 12.4 Å². The summed E-state index contributed by atoms with van der Waals surface area (Å²) >= 11 is 3.43. The Hall–Kier alpha value is -2.93. The van der Waals surface area contributed by atoms with E-state index in [4.69, 9.17) is 4.74 Å². The maximum absolute atomic E-state index is 12.0. The van der Waals surface area contributed by atoms with Gasteiger partial charge in [-0.3, -0.25) is 9.89 Å². The summed E-state index contributed by atoms with van der Waals surface area (Å²) < 4.78 is 6.77. The number of hydrogen-bond donors (Lipinski definition) is 2. The summed E-state index contributed by atoms with van der Waals surface area (Å²) in [5, 5.41) is 10.6. The van der Waals surface area contributed by atoms with E-state index in [1.807, 2.05) is 55.5 Å². The van der Waals surface area contributed by atoms with Crippen molar-refractivity contribution in [3.05, 3.63) is 81.6 Å². The average molecular weight is 413 g/mol. The lowest BCUT2D eigenvalue weighted by molar-refractivity contribution is 0.0950. The highest BCUT2D eigenvalue weighted by atomic mass is 79.9. The molecule has 0 fully saturated rings. The molecule has 1 amide bonds. The Morgan fingerprint density at radius 3 is 2.81 bits per heavy atom. The number of carbonyl (C=O) groups excluding carboxylic acids is 1. The quantitative estimate of drug-likeness (QED) is 0.476. The minimum absolute atomic E-state index is 0.287. The summed E-state index contributed by atoms with van der Waals surface area (Å²) in [6.45, 7) is 2.27. The van der Waals surface area contributed by atoms with Gasteiger partial charge >= 0.3 is 0 Å². The number of ether oxygens (including phenoxy) is 1. The molecule has 0 saturated carbocycles. The number of nitrogens with one attached hydrogen (secondary N) is 2. The van der Waals surface area contributed by atoms with Gasteiger partial charge in [-0.1, -0.05) is 46.3 Å². The fraction of sp³-hybridized carbons (Fsp3) is 0.105. The Morgan fingerprint density at radius 2 is 2.08 bits per heavy atom. The number of rotatable bonds is 6. The lowest BCUT2D eigenvalue weighted by Crippen LogP contribution is -2.18. The van der Waals surface area contributed by atoms with Crippen molar-refractivity contribution in [3.8, 4) is 5.75 Å². The molecule has 3 aromatic rings. The number of amides is 1. The molecule has 0 bridgehead atoms. The summed E-state index contributed by atoms with van der Waals surface area (Å²) in [5.74, 6) is 0.290. The van der Waals surface area contributed by atoms with Gasteiger partial charge in [0.2, 0.25) is 0 Å². The number of nitrogens with zero attached hydrogens (tertiary/aromatic N) is 2. The van der Waals surface area contributed by atoms with E-state index < -0.39 is 0 Å². The molecule has 0 spiro atoms. The molecule has 0 saturated heterocycles. The standard InChI is InChI=1S/C19H17BrN4O2/c1-13-9-17(23-22-13)19(25)24-21-11-15-10-16(20)7-8-18(15)26-12-14-5-3-2-4-6-14/h2-11H,12H2,1H3,(H,22,23)(H,24,25)/b21-11+. The van der Waals surface area contributed by atoms with Gasteiger partial charge in [0, 0.05) is 15.7 Å². The molecule has 0 unspecified atom stereocenters. The van der Waals surface area contributed by atoms with Crippen molar-refractivity contribution in [2.45, 2.75) is 13.5 Å². The van der Waals surface area contributed by atoms with Crippen molar-refractivity contribution in [3.63, 3.8) is 0 Å². The second kappa shape index (κ2) is 8.44. The first-order valence-electron chi connectivity index (χ1n) is 7.93. The minimum Gasteiger partial charge on any atom is -0.488 e. The number of halogens is 1. The van der Waals surface area contributed by atoms with Crippen LogP contribution in [0.15, 0.2) is 64.2 Å². The fourth-order valence-electron chi connectivity index (χ4n) is 2.24. The van der Waals surface area contributed by atoms with Crippen LogP contribution in [0, 0.1) is 6.92 Å². The van der Waals surface area contributed by atoms with Crippen LogP contribution in [0.1, 0.15) is 27.3 Å². The topological polar surface area (TPSA) is 79.4 Å². The molecular formula is C19H17BrN4O2. The molecule has 2 aromatic carbocycles. The van der Waals surface area contributed by atoms with Crippen LogP contribution in [0.3, 0.4) is 0 Å².